The molecule has 8 rings (SSSR count). The van der Waals surface area contributed by atoms with Gasteiger partial charge in [-0.1, -0.05) is 60.7 Å². The third-order valence-electron chi connectivity index (χ3n) is 10.1. The average Bonchev–Trinajstić information content (AvgIpc) is 3.18. The summed E-state index contributed by atoms with van der Waals surface area (Å²) in [6.07, 6.45) is 9.50. The van der Waals surface area contributed by atoms with Crippen LogP contribution in [0, 0.1) is 0 Å². The van der Waals surface area contributed by atoms with Crippen molar-refractivity contribution in [2.45, 2.75) is 25.9 Å². The number of carboxylic acid groups (broad SMARTS) is 2. The number of methoxy groups -OCH3 is 2. The van der Waals surface area contributed by atoms with E-state index in [2.05, 4.69) is 70.5 Å². The van der Waals surface area contributed by atoms with Gasteiger partial charge in [-0.3, -0.25) is 0 Å². The number of rotatable bonds is 9. The first-order chi connectivity index (χ1) is 25.3. The zero-order valence-electron chi connectivity index (χ0n) is 28.8. The number of allylic oxidation sites excluding steroid dienone is 10. The van der Waals surface area contributed by atoms with Crippen LogP contribution >= 0.6 is 0 Å². The molecule has 4 aromatic rings. The topological polar surface area (TPSA) is 99.5 Å². The second-order valence-corrected chi connectivity index (χ2v) is 13.0. The molecule has 0 unspecified atom stereocenters. The molecule has 0 radical (unpaired) electrons. The number of benzene rings is 4. The highest BCUT2D eigenvalue weighted by Gasteiger charge is 2.38. The highest BCUT2D eigenvalue weighted by Crippen LogP contribution is 2.55. The molecule has 0 saturated carbocycles. The quantitative estimate of drug-likeness (QED) is 0.180. The third kappa shape index (κ3) is 5.68. The van der Waals surface area contributed by atoms with E-state index in [1.165, 1.54) is 0 Å². The molecule has 0 amide bonds. The summed E-state index contributed by atoms with van der Waals surface area (Å²) in [5, 5.41) is 19.0. The number of fused-ring (bicyclic) bond motifs is 4. The summed E-state index contributed by atoms with van der Waals surface area (Å²) in [6, 6.07) is 31.1. The lowest BCUT2D eigenvalue weighted by Gasteiger charge is -2.43. The largest absolute Gasteiger partial charge is 0.501 e. The van der Waals surface area contributed by atoms with Crippen LogP contribution in [0.3, 0.4) is 0 Å². The van der Waals surface area contributed by atoms with Crippen molar-refractivity contribution in [2.75, 3.05) is 24.0 Å². The summed E-state index contributed by atoms with van der Waals surface area (Å²) in [4.78, 5) is 27.8. The number of carbonyl (C=O) groups is 2. The Bertz CT molecular complexity index is 2160. The molecular formula is C44H36N2O6. The van der Waals surface area contributed by atoms with Gasteiger partial charge in [0, 0.05) is 59.8 Å². The maximum atomic E-state index is 11.6. The third-order valence-corrected chi connectivity index (χ3v) is 10.1. The minimum Gasteiger partial charge on any atom is -0.501 e. The molecule has 8 nitrogen and oxygen atoms in total. The maximum Gasteiger partial charge on any atom is 0.335 e. The summed E-state index contributed by atoms with van der Waals surface area (Å²) >= 11 is 0. The predicted molar refractivity (Wildman–Crippen MR) is 201 cm³/mol. The lowest BCUT2D eigenvalue weighted by molar-refractivity contribution is 0.0686. The van der Waals surface area contributed by atoms with Crippen LogP contribution in [0.5, 0.6) is 0 Å². The molecule has 0 atom stereocenters. The van der Waals surface area contributed by atoms with E-state index >= 15 is 0 Å². The zero-order valence-corrected chi connectivity index (χ0v) is 28.8. The molecule has 0 bridgehead atoms. The van der Waals surface area contributed by atoms with Crippen molar-refractivity contribution in [3.05, 3.63) is 189 Å². The van der Waals surface area contributed by atoms with Gasteiger partial charge in [0.05, 0.1) is 25.3 Å². The number of anilines is 2. The van der Waals surface area contributed by atoms with Crippen molar-refractivity contribution < 1.29 is 29.3 Å². The Balaban J connectivity index is 1.32. The highest BCUT2D eigenvalue weighted by molar-refractivity contribution is 6.16. The Morgan fingerprint density at radius 2 is 0.942 bits per heavy atom. The standard InChI is InChI=1S/C44H36N2O6/c1-51-31-19-21-39-35(23-31)41(33-7-3-5-9-37(33)45(39)25-27-11-15-29(16-12-27)43(47)48)42-34-8-4-6-10-38(34)46(40-22-20-32(52-2)24-36(40)42)26-28-13-17-30(18-14-28)44(49)50/h3-22H,23-26H2,1-2H3,(H,47,48)(H,49,50). The first kappa shape index (κ1) is 32.7. The lowest BCUT2D eigenvalue weighted by Crippen LogP contribution is -2.32. The van der Waals surface area contributed by atoms with Crippen LogP contribution in [-0.4, -0.2) is 36.4 Å². The van der Waals surface area contributed by atoms with Crippen LogP contribution in [0.1, 0.15) is 55.8 Å². The first-order valence-corrected chi connectivity index (χ1v) is 17.1. The van der Waals surface area contributed by atoms with Gasteiger partial charge in [0.2, 0.25) is 0 Å². The van der Waals surface area contributed by atoms with E-state index < -0.39 is 11.9 Å². The van der Waals surface area contributed by atoms with Crippen LogP contribution in [0.4, 0.5) is 11.4 Å². The van der Waals surface area contributed by atoms with Crippen molar-refractivity contribution in [3.63, 3.8) is 0 Å². The fourth-order valence-corrected chi connectivity index (χ4v) is 7.62. The van der Waals surface area contributed by atoms with Gasteiger partial charge >= 0.3 is 11.9 Å². The SMILES string of the molecule is COC1=CC=C2C(=C(C3=C4CC(OC)=CC=C4N(Cc4ccc(C(=O)O)cc4)c4ccccc43)c3ccccc3N2Cc2ccc(C(=O)O)cc2)C1. The van der Waals surface area contributed by atoms with Gasteiger partial charge in [0.15, 0.2) is 0 Å². The van der Waals surface area contributed by atoms with E-state index in [9.17, 15) is 19.8 Å². The van der Waals surface area contributed by atoms with E-state index in [0.29, 0.717) is 25.9 Å². The molecule has 0 saturated heterocycles. The molecular weight excluding hydrogens is 652 g/mol. The van der Waals surface area contributed by atoms with Crippen molar-refractivity contribution in [3.8, 4) is 0 Å². The number of carboxylic acids is 2. The summed E-state index contributed by atoms with van der Waals surface area (Å²) in [7, 11) is 3.42. The molecule has 4 aromatic carbocycles. The molecule has 0 spiro atoms. The Hall–Kier alpha value is -6.54. The fraction of sp³-hybridized carbons (Fsp3) is 0.136. The van der Waals surface area contributed by atoms with E-state index in [-0.39, 0.29) is 11.1 Å². The molecule has 2 N–H and O–H groups in total. The van der Waals surface area contributed by atoms with Gasteiger partial charge in [0.1, 0.15) is 11.5 Å². The molecule has 0 fully saturated rings. The first-order valence-electron chi connectivity index (χ1n) is 17.1. The molecule has 2 heterocycles. The molecule has 258 valence electrons. The van der Waals surface area contributed by atoms with Crippen LogP contribution in [-0.2, 0) is 22.6 Å². The van der Waals surface area contributed by atoms with Crippen LogP contribution in [0.25, 0.3) is 11.1 Å². The number of para-hydroxylation sites is 2. The Morgan fingerprint density at radius 1 is 0.558 bits per heavy atom. The van der Waals surface area contributed by atoms with Gasteiger partial charge in [0.25, 0.3) is 0 Å². The summed E-state index contributed by atoms with van der Waals surface area (Å²) in [5.74, 6) is -0.174. The Kier molecular flexibility index (Phi) is 8.35. The Morgan fingerprint density at radius 3 is 1.31 bits per heavy atom. The minimum atomic E-state index is -0.948. The Labute approximate surface area is 301 Å². The van der Waals surface area contributed by atoms with Crippen molar-refractivity contribution in [2.24, 2.45) is 0 Å². The van der Waals surface area contributed by atoms with Gasteiger partial charge in [-0.15, -0.1) is 0 Å². The summed E-state index contributed by atoms with van der Waals surface area (Å²) in [6.45, 7) is 1.10. The minimum absolute atomic E-state index is 0.256. The average molecular weight is 689 g/mol. The number of ether oxygens (including phenoxy) is 2. The van der Waals surface area contributed by atoms with Gasteiger partial charge in [-0.05, 0) is 94.1 Å². The molecule has 2 aliphatic carbocycles. The van der Waals surface area contributed by atoms with E-state index in [4.69, 9.17) is 9.47 Å². The van der Waals surface area contributed by atoms with E-state index in [1.54, 1.807) is 38.5 Å². The molecule has 52 heavy (non-hydrogen) atoms. The van der Waals surface area contributed by atoms with Crippen LogP contribution < -0.4 is 9.80 Å². The van der Waals surface area contributed by atoms with Crippen LogP contribution in [0.15, 0.2) is 155 Å². The second kappa shape index (κ2) is 13.3. The van der Waals surface area contributed by atoms with E-state index in [0.717, 1.165) is 78.8 Å². The highest BCUT2D eigenvalue weighted by atomic mass is 16.5. The molecule has 4 aliphatic rings. The maximum absolute atomic E-state index is 11.6. The summed E-state index contributed by atoms with van der Waals surface area (Å²) in [5.41, 5.74) is 13.5. The zero-order chi connectivity index (χ0) is 35.9. The smallest absolute Gasteiger partial charge is 0.335 e. The van der Waals surface area contributed by atoms with Gasteiger partial charge in [-0.2, -0.15) is 0 Å². The normalized spacial score (nSPS) is 16.0. The van der Waals surface area contributed by atoms with Gasteiger partial charge < -0.3 is 29.5 Å². The monoisotopic (exact) mass is 688 g/mol. The number of hydrogen-bond donors (Lipinski definition) is 2. The van der Waals surface area contributed by atoms with Crippen molar-refractivity contribution in [1.29, 1.82) is 0 Å². The number of aromatic carboxylic acids is 2. The molecule has 0 aromatic heterocycles. The number of nitrogens with zero attached hydrogens (tertiary/aromatic N) is 2. The van der Waals surface area contributed by atoms with Crippen molar-refractivity contribution in [1.82, 2.24) is 0 Å². The summed E-state index contributed by atoms with van der Waals surface area (Å²) < 4.78 is 11.8. The lowest BCUT2D eigenvalue weighted by atomic mass is 9.75. The fourth-order valence-electron chi connectivity index (χ4n) is 7.62. The second-order valence-electron chi connectivity index (χ2n) is 13.0. The van der Waals surface area contributed by atoms with Crippen molar-refractivity contribution >= 4 is 34.5 Å². The molecule has 2 aliphatic heterocycles. The molecule has 8 heteroatoms. The van der Waals surface area contributed by atoms with Gasteiger partial charge in [-0.25, -0.2) is 9.59 Å². The van der Waals surface area contributed by atoms with Crippen LogP contribution in [0.2, 0.25) is 0 Å². The van der Waals surface area contributed by atoms with E-state index in [1.807, 2.05) is 36.4 Å². The number of hydrogen-bond acceptors (Lipinski definition) is 6. The predicted octanol–water partition coefficient (Wildman–Crippen LogP) is 8.97.